The van der Waals surface area contributed by atoms with Crippen molar-refractivity contribution in [3.8, 4) is 21.1 Å². The summed E-state index contributed by atoms with van der Waals surface area (Å²) in [6.07, 6.45) is 3.88. The van der Waals surface area contributed by atoms with Crippen molar-refractivity contribution in [2.24, 2.45) is 0 Å². The van der Waals surface area contributed by atoms with Crippen molar-refractivity contribution in [2.45, 2.75) is 6.10 Å². The molecule has 0 bridgehead atoms. The summed E-state index contributed by atoms with van der Waals surface area (Å²) in [4.78, 5) is 9.96. The van der Waals surface area contributed by atoms with Crippen LogP contribution < -0.4 is 0 Å². The van der Waals surface area contributed by atoms with Crippen LogP contribution in [0.4, 0.5) is 0 Å². The maximum atomic E-state index is 10.9. The Morgan fingerprint density at radius 1 is 1.12 bits per heavy atom. The molecular formula is C18H12Cl2N4OS. The van der Waals surface area contributed by atoms with Crippen LogP contribution in [0.2, 0.25) is 10.0 Å². The van der Waals surface area contributed by atoms with E-state index in [9.17, 15) is 5.11 Å². The fourth-order valence-electron chi connectivity index (χ4n) is 2.64. The van der Waals surface area contributed by atoms with Crippen molar-refractivity contribution in [1.29, 1.82) is 0 Å². The number of benzene rings is 1. The molecule has 5 nitrogen and oxygen atoms in total. The summed E-state index contributed by atoms with van der Waals surface area (Å²) in [6, 6.07) is 10.9. The van der Waals surface area contributed by atoms with E-state index in [2.05, 4.69) is 20.2 Å². The van der Waals surface area contributed by atoms with E-state index in [1.807, 2.05) is 12.1 Å². The number of aliphatic hydroxyl groups is 1. The molecule has 0 spiro atoms. The number of aromatic amines is 1. The lowest BCUT2D eigenvalue weighted by atomic mass is 10.0. The van der Waals surface area contributed by atoms with E-state index in [1.165, 1.54) is 17.7 Å². The van der Waals surface area contributed by atoms with Gasteiger partial charge in [-0.3, -0.25) is 10.1 Å². The minimum atomic E-state index is -0.835. The van der Waals surface area contributed by atoms with Gasteiger partial charge in [0.15, 0.2) is 5.82 Å². The van der Waals surface area contributed by atoms with Crippen molar-refractivity contribution in [3.63, 3.8) is 0 Å². The topological polar surface area (TPSA) is 74.7 Å². The Kier molecular flexibility index (Phi) is 4.74. The first-order valence-electron chi connectivity index (χ1n) is 7.66. The maximum absolute atomic E-state index is 10.9. The zero-order chi connectivity index (χ0) is 18.1. The van der Waals surface area contributed by atoms with Gasteiger partial charge in [-0.25, -0.2) is 4.98 Å². The molecule has 0 saturated heterocycles. The Morgan fingerprint density at radius 2 is 1.92 bits per heavy atom. The Bertz CT molecular complexity index is 1030. The summed E-state index contributed by atoms with van der Waals surface area (Å²) < 4.78 is 0. The van der Waals surface area contributed by atoms with Crippen molar-refractivity contribution in [1.82, 2.24) is 20.2 Å². The third kappa shape index (κ3) is 3.24. The summed E-state index contributed by atoms with van der Waals surface area (Å²) in [5.41, 5.74) is 2.30. The van der Waals surface area contributed by atoms with Crippen molar-refractivity contribution >= 4 is 34.5 Å². The summed E-state index contributed by atoms with van der Waals surface area (Å²) in [5.74, 6) is 0.592. The van der Waals surface area contributed by atoms with Crippen molar-refractivity contribution in [2.75, 3.05) is 0 Å². The molecule has 0 aliphatic carbocycles. The van der Waals surface area contributed by atoms with Gasteiger partial charge in [-0.15, -0.1) is 11.3 Å². The van der Waals surface area contributed by atoms with Crippen molar-refractivity contribution in [3.05, 3.63) is 76.3 Å². The predicted molar refractivity (Wildman–Crippen MR) is 103 cm³/mol. The highest BCUT2D eigenvalue weighted by Gasteiger charge is 2.22. The van der Waals surface area contributed by atoms with E-state index in [1.54, 1.807) is 36.7 Å². The summed E-state index contributed by atoms with van der Waals surface area (Å²) in [6.45, 7) is 0. The zero-order valence-electron chi connectivity index (χ0n) is 13.2. The molecule has 0 saturated carbocycles. The van der Waals surface area contributed by atoms with Crippen LogP contribution >= 0.6 is 34.5 Å². The van der Waals surface area contributed by atoms with Gasteiger partial charge in [-0.1, -0.05) is 35.3 Å². The van der Waals surface area contributed by atoms with Crippen LogP contribution in [0.25, 0.3) is 21.1 Å². The molecule has 0 aliphatic rings. The molecule has 0 amide bonds. The van der Waals surface area contributed by atoms with Gasteiger partial charge in [0.2, 0.25) is 0 Å². The highest BCUT2D eigenvalue weighted by molar-refractivity contribution is 7.19. The monoisotopic (exact) mass is 402 g/mol. The zero-order valence-corrected chi connectivity index (χ0v) is 15.6. The lowest BCUT2D eigenvalue weighted by molar-refractivity contribution is 0.221. The fourth-order valence-corrected chi connectivity index (χ4v) is 4.22. The number of nitrogens with zero attached hydrogens (tertiary/aromatic N) is 3. The highest BCUT2D eigenvalue weighted by Crippen LogP contribution is 2.42. The molecule has 3 aromatic heterocycles. The number of pyridine rings is 1. The van der Waals surface area contributed by atoms with E-state index in [0.717, 1.165) is 26.4 Å². The minimum absolute atomic E-state index is 0.547. The second kappa shape index (κ2) is 7.17. The summed E-state index contributed by atoms with van der Waals surface area (Å²) in [7, 11) is 0. The molecule has 130 valence electrons. The second-order valence-corrected chi connectivity index (χ2v) is 7.43. The van der Waals surface area contributed by atoms with Gasteiger partial charge in [-0.2, -0.15) is 5.10 Å². The van der Waals surface area contributed by atoms with Gasteiger partial charge < -0.3 is 5.11 Å². The average Bonchev–Trinajstić information content (AvgIpc) is 3.32. The van der Waals surface area contributed by atoms with E-state index in [0.29, 0.717) is 15.9 Å². The molecule has 4 rings (SSSR count). The van der Waals surface area contributed by atoms with Crippen LogP contribution in [-0.2, 0) is 0 Å². The van der Waals surface area contributed by atoms with Crippen LogP contribution in [0.3, 0.4) is 0 Å². The molecule has 1 unspecified atom stereocenters. The Morgan fingerprint density at radius 3 is 2.62 bits per heavy atom. The van der Waals surface area contributed by atoms with E-state index in [4.69, 9.17) is 23.2 Å². The van der Waals surface area contributed by atoms with Gasteiger partial charge >= 0.3 is 0 Å². The summed E-state index contributed by atoms with van der Waals surface area (Å²) >= 11 is 13.7. The molecule has 3 heterocycles. The molecule has 1 atom stereocenters. The third-order valence-electron chi connectivity index (χ3n) is 3.91. The lowest BCUT2D eigenvalue weighted by Crippen LogP contribution is -2.00. The van der Waals surface area contributed by atoms with E-state index >= 15 is 0 Å². The second-order valence-electron chi connectivity index (χ2n) is 5.54. The SMILES string of the molecule is OC(c1ccc(Cl)cc1)c1cc(-c2ccncc2Cl)sc1-c1ncn[nH]1. The van der Waals surface area contributed by atoms with Crippen LogP contribution in [0.15, 0.2) is 55.1 Å². The average molecular weight is 403 g/mol. The quantitative estimate of drug-likeness (QED) is 0.504. The fraction of sp³-hybridized carbons (Fsp3) is 0.0556. The Hall–Kier alpha value is -2.25. The molecular weight excluding hydrogens is 391 g/mol. The molecule has 0 fully saturated rings. The van der Waals surface area contributed by atoms with Crippen molar-refractivity contribution < 1.29 is 5.11 Å². The minimum Gasteiger partial charge on any atom is -0.384 e. The maximum Gasteiger partial charge on any atom is 0.165 e. The van der Waals surface area contributed by atoms with Gasteiger partial charge in [0.25, 0.3) is 0 Å². The first-order valence-corrected chi connectivity index (χ1v) is 9.23. The molecule has 2 N–H and O–H groups in total. The molecule has 4 aromatic rings. The van der Waals surface area contributed by atoms with Gasteiger partial charge in [-0.05, 0) is 29.8 Å². The lowest BCUT2D eigenvalue weighted by Gasteiger charge is -2.11. The number of H-pyrrole nitrogens is 1. The predicted octanol–water partition coefficient (Wildman–Crippen LogP) is 4.98. The molecule has 26 heavy (non-hydrogen) atoms. The van der Waals surface area contributed by atoms with E-state index < -0.39 is 6.10 Å². The number of aromatic nitrogens is 4. The molecule has 0 radical (unpaired) electrons. The van der Waals surface area contributed by atoms with Crippen LogP contribution in [0.1, 0.15) is 17.2 Å². The largest absolute Gasteiger partial charge is 0.384 e. The smallest absolute Gasteiger partial charge is 0.165 e. The molecule has 8 heteroatoms. The first-order chi connectivity index (χ1) is 12.6. The molecule has 1 aromatic carbocycles. The Balaban J connectivity index is 1.85. The van der Waals surface area contributed by atoms with E-state index in [-0.39, 0.29) is 0 Å². The number of nitrogens with one attached hydrogen (secondary N) is 1. The number of thiophene rings is 1. The standard InChI is InChI=1S/C18H12Cl2N4OS/c19-11-3-1-10(2-4-11)16(25)13-7-15(12-5-6-21-8-14(12)20)26-17(13)18-22-9-23-24-18/h1-9,16,25H,(H,22,23,24). The normalized spacial score (nSPS) is 12.3. The highest BCUT2D eigenvalue weighted by atomic mass is 35.5. The van der Waals surface area contributed by atoms with Crippen LogP contribution in [0.5, 0.6) is 0 Å². The number of halogens is 2. The first kappa shape index (κ1) is 17.2. The number of hydrogen-bond donors (Lipinski definition) is 2. The Labute approximate surface area is 163 Å². The van der Waals surface area contributed by atoms with Gasteiger partial charge in [0.05, 0.1) is 9.90 Å². The van der Waals surface area contributed by atoms with Crippen LogP contribution in [0, 0.1) is 0 Å². The third-order valence-corrected chi connectivity index (χ3v) is 5.65. The van der Waals surface area contributed by atoms with Crippen LogP contribution in [-0.4, -0.2) is 25.3 Å². The van der Waals surface area contributed by atoms with Gasteiger partial charge in [0, 0.05) is 33.4 Å². The number of hydrogen-bond acceptors (Lipinski definition) is 5. The number of aliphatic hydroxyl groups excluding tert-OH is 1. The summed E-state index contributed by atoms with van der Waals surface area (Å²) in [5, 5.41) is 18.9. The van der Waals surface area contributed by atoms with Gasteiger partial charge in [0.1, 0.15) is 12.4 Å². The number of rotatable bonds is 4. The molecule has 0 aliphatic heterocycles.